The first-order chi connectivity index (χ1) is 12.0. The van der Waals surface area contributed by atoms with Gasteiger partial charge in [-0.25, -0.2) is 0 Å². The second kappa shape index (κ2) is 11.7. The summed E-state index contributed by atoms with van der Waals surface area (Å²) in [4.78, 5) is 34.5. The lowest BCUT2D eigenvalue weighted by atomic mass is 9.90. The highest BCUT2D eigenvalue weighted by atomic mass is 16.4. The maximum Gasteiger partial charge on any atom is 0.303 e. The summed E-state index contributed by atoms with van der Waals surface area (Å²) in [5.41, 5.74) is 0. The SMILES string of the molecule is CCCCC[C@H](O)/C=C/[C@H]1C(=O)CC(=O)[C@@H]1C/C=C\CCCC(=O)O. The van der Waals surface area contributed by atoms with Crippen molar-refractivity contribution in [2.75, 3.05) is 0 Å². The Morgan fingerprint density at radius 1 is 1.20 bits per heavy atom. The smallest absolute Gasteiger partial charge is 0.303 e. The average molecular weight is 350 g/mol. The summed E-state index contributed by atoms with van der Waals surface area (Å²) in [6.45, 7) is 2.10. The minimum Gasteiger partial charge on any atom is -0.481 e. The van der Waals surface area contributed by atoms with Gasteiger partial charge in [-0.3, -0.25) is 14.4 Å². The van der Waals surface area contributed by atoms with Gasteiger partial charge < -0.3 is 10.2 Å². The number of hydrogen-bond acceptors (Lipinski definition) is 4. The summed E-state index contributed by atoms with van der Waals surface area (Å²) in [6, 6.07) is 0. The number of aliphatic carboxylic acids is 1. The number of rotatable bonds is 12. The van der Waals surface area contributed by atoms with E-state index >= 15 is 0 Å². The predicted octanol–water partition coefficient (Wildman–Crippen LogP) is 3.46. The van der Waals surface area contributed by atoms with E-state index in [1.165, 1.54) is 0 Å². The molecule has 0 aliphatic heterocycles. The normalized spacial score (nSPS) is 22.3. The van der Waals surface area contributed by atoms with E-state index in [-0.39, 0.29) is 30.3 Å². The van der Waals surface area contributed by atoms with Gasteiger partial charge in [0, 0.05) is 18.3 Å². The van der Waals surface area contributed by atoms with Crippen LogP contribution in [-0.4, -0.2) is 33.9 Å². The fraction of sp³-hybridized carbons (Fsp3) is 0.650. The Morgan fingerprint density at radius 2 is 1.96 bits per heavy atom. The molecule has 0 radical (unpaired) electrons. The van der Waals surface area contributed by atoms with Crippen LogP contribution in [0.25, 0.3) is 0 Å². The van der Waals surface area contributed by atoms with Crippen LogP contribution in [0.5, 0.6) is 0 Å². The van der Waals surface area contributed by atoms with Gasteiger partial charge in [0.15, 0.2) is 0 Å². The van der Waals surface area contributed by atoms with Gasteiger partial charge in [0.05, 0.1) is 12.5 Å². The van der Waals surface area contributed by atoms with Crippen LogP contribution in [0.3, 0.4) is 0 Å². The van der Waals surface area contributed by atoms with Crippen molar-refractivity contribution < 1.29 is 24.6 Å². The first-order valence-corrected chi connectivity index (χ1v) is 9.24. The van der Waals surface area contributed by atoms with Crippen LogP contribution in [-0.2, 0) is 14.4 Å². The predicted molar refractivity (Wildman–Crippen MR) is 96.1 cm³/mol. The van der Waals surface area contributed by atoms with Gasteiger partial charge in [0.1, 0.15) is 11.6 Å². The Labute approximate surface area is 149 Å². The number of unbranched alkanes of at least 4 members (excludes halogenated alkanes) is 3. The topological polar surface area (TPSA) is 91.7 Å². The summed E-state index contributed by atoms with van der Waals surface area (Å²) >= 11 is 0. The van der Waals surface area contributed by atoms with E-state index in [4.69, 9.17) is 5.11 Å². The number of allylic oxidation sites excluding steroid dienone is 3. The highest BCUT2D eigenvalue weighted by Crippen LogP contribution is 2.30. The van der Waals surface area contributed by atoms with Gasteiger partial charge in [-0.2, -0.15) is 0 Å². The Kier molecular flexibility index (Phi) is 10.0. The van der Waals surface area contributed by atoms with Crippen molar-refractivity contribution in [1.82, 2.24) is 0 Å². The molecule has 25 heavy (non-hydrogen) atoms. The van der Waals surface area contributed by atoms with Crippen molar-refractivity contribution in [3.05, 3.63) is 24.3 Å². The fourth-order valence-electron chi connectivity index (χ4n) is 3.04. The van der Waals surface area contributed by atoms with E-state index in [9.17, 15) is 19.5 Å². The number of aliphatic hydroxyl groups is 1. The number of carbonyl (C=O) groups excluding carboxylic acids is 2. The molecule has 1 saturated carbocycles. The first-order valence-electron chi connectivity index (χ1n) is 9.24. The zero-order chi connectivity index (χ0) is 18.7. The molecule has 140 valence electrons. The largest absolute Gasteiger partial charge is 0.481 e. The molecule has 5 heteroatoms. The number of aliphatic hydroxyl groups excluding tert-OH is 1. The second-order valence-electron chi connectivity index (χ2n) is 6.68. The summed E-state index contributed by atoms with van der Waals surface area (Å²) in [7, 11) is 0. The zero-order valence-corrected chi connectivity index (χ0v) is 15.0. The quantitative estimate of drug-likeness (QED) is 0.319. The third kappa shape index (κ3) is 8.25. The Balaban J connectivity index is 2.49. The van der Waals surface area contributed by atoms with Crippen LogP contribution in [0.2, 0.25) is 0 Å². The molecule has 1 rings (SSSR count). The molecule has 0 saturated heterocycles. The number of Topliss-reactive ketones (excluding diaryl/α,β-unsaturated/α-hetero) is 2. The molecular weight excluding hydrogens is 320 g/mol. The van der Waals surface area contributed by atoms with Crippen LogP contribution in [0.4, 0.5) is 0 Å². The van der Waals surface area contributed by atoms with Crippen molar-refractivity contribution in [2.45, 2.75) is 70.8 Å². The molecule has 3 atom stereocenters. The highest BCUT2D eigenvalue weighted by Gasteiger charge is 2.38. The number of hydrogen-bond donors (Lipinski definition) is 2. The Hall–Kier alpha value is -1.75. The Morgan fingerprint density at radius 3 is 2.64 bits per heavy atom. The maximum atomic E-state index is 12.0. The molecule has 0 aromatic heterocycles. The molecule has 1 aliphatic rings. The third-order valence-corrected chi connectivity index (χ3v) is 4.53. The molecule has 0 aromatic rings. The first kappa shape index (κ1) is 21.3. The molecule has 0 heterocycles. The molecule has 0 aromatic carbocycles. The molecule has 0 spiro atoms. The lowest BCUT2D eigenvalue weighted by Gasteiger charge is -2.12. The highest BCUT2D eigenvalue weighted by molar-refractivity contribution is 6.09. The van der Waals surface area contributed by atoms with Gasteiger partial charge >= 0.3 is 5.97 Å². The summed E-state index contributed by atoms with van der Waals surface area (Å²) in [5.74, 6) is -1.74. The summed E-state index contributed by atoms with van der Waals surface area (Å²) in [5, 5.41) is 18.5. The van der Waals surface area contributed by atoms with Crippen molar-refractivity contribution in [2.24, 2.45) is 11.8 Å². The van der Waals surface area contributed by atoms with E-state index in [0.29, 0.717) is 25.7 Å². The molecule has 0 amide bonds. The van der Waals surface area contributed by atoms with Gasteiger partial charge in [-0.1, -0.05) is 50.5 Å². The van der Waals surface area contributed by atoms with E-state index in [1.54, 1.807) is 12.2 Å². The van der Waals surface area contributed by atoms with Gasteiger partial charge in [0.2, 0.25) is 0 Å². The number of carbonyl (C=O) groups is 3. The molecule has 0 unspecified atom stereocenters. The lowest BCUT2D eigenvalue weighted by Crippen LogP contribution is -2.16. The van der Waals surface area contributed by atoms with Gasteiger partial charge in [0.25, 0.3) is 0 Å². The fourth-order valence-corrected chi connectivity index (χ4v) is 3.04. The minimum atomic E-state index is -0.812. The van der Waals surface area contributed by atoms with Crippen LogP contribution >= 0.6 is 0 Å². The minimum absolute atomic E-state index is 0.0293. The monoisotopic (exact) mass is 350 g/mol. The van der Waals surface area contributed by atoms with Gasteiger partial charge in [-0.15, -0.1) is 0 Å². The van der Waals surface area contributed by atoms with Crippen LogP contribution in [0.1, 0.15) is 64.7 Å². The molecule has 1 aliphatic carbocycles. The maximum absolute atomic E-state index is 12.0. The van der Waals surface area contributed by atoms with Crippen molar-refractivity contribution in [3.63, 3.8) is 0 Å². The Bertz CT molecular complexity index is 506. The standard InChI is InChI=1S/C20H30O5/c1-2-3-6-9-15(21)12-13-17-16(18(22)14-19(17)23)10-7-4-5-8-11-20(24)25/h4,7,12-13,15-17,21H,2-3,5-6,8-11,14H2,1H3,(H,24,25)/b7-4-,13-12+/t15-,16+,17+/m0/s1. The van der Waals surface area contributed by atoms with E-state index in [0.717, 1.165) is 19.3 Å². The average Bonchev–Trinajstić information content (AvgIpc) is 2.82. The van der Waals surface area contributed by atoms with Crippen molar-refractivity contribution in [1.29, 1.82) is 0 Å². The number of ketones is 2. The van der Waals surface area contributed by atoms with Crippen molar-refractivity contribution >= 4 is 17.5 Å². The second-order valence-corrected chi connectivity index (χ2v) is 6.68. The van der Waals surface area contributed by atoms with E-state index in [2.05, 4.69) is 6.92 Å². The van der Waals surface area contributed by atoms with Crippen molar-refractivity contribution in [3.8, 4) is 0 Å². The molecule has 0 bridgehead atoms. The van der Waals surface area contributed by atoms with E-state index in [1.807, 2.05) is 12.2 Å². The number of carboxylic acids is 1. The van der Waals surface area contributed by atoms with Crippen LogP contribution < -0.4 is 0 Å². The number of carboxylic acid groups (broad SMARTS) is 1. The molecular formula is C20H30O5. The lowest BCUT2D eigenvalue weighted by molar-refractivity contribution is -0.137. The molecule has 5 nitrogen and oxygen atoms in total. The third-order valence-electron chi connectivity index (χ3n) is 4.53. The summed E-state index contributed by atoms with van der Waals surface area (Å²) < 4.78 is 0. The summed E-state index contributed by atoms with van der Waals surface area (Å²) in [6.07, 6.45) is 12.1. The van der Waals surface area contributed by atoms with E-state index < -0.39 is 18.0 Å². The zero-order valence-electron chi connectivity index (χ0n) is 15.0. The van der Waals surface area contributed by atoms with Gasteiger partial charge in [-0.05, 0) is 25.7 Å². The molecule has 1 fully saturated rings. The molecule has 2 N–H and O–H groups in total. The van der Waals surface area contributed by atoms with Crippen LogP contribution in [0, 0.1) is 11.8 Å². The van der Waals surface area contributed by atoms with Crippen LogP contribution in [0.15, 0.2) is 24.3 Å².